The number of rotatable bonds is 2. The maximum Gasteiger partial charge on any atom is 0.224 e. The van der Waals surface area contributed by atoms with E-state index in [9.17, 15) is 0 Å². The molecule has 0 N–H and O–H groups in total. The van der Waals surface area contributed by atoms with Gasteiger partial charge in [-0.1, -0.05) is 6.92 Å². The van der Waals surface area contributed by atoms with Gasteiger partial charge in [-0.05, 0) is 37.3 Å². The van der Waals surface area contributed by atoms with Gasteiger partial charge < -0.3 is 4.90 Å². The topological polar surface area (TPSA) is 29.0 Å². The maximum absolute atomic E-state index is 6.08. The van der Waals surface area contributed by atoms with Gasteiger partial charge in [0.15, 0.2) is 0 Å². The number of piperidine rings is 1. The summed E-state index contributed by atoms with van der Waals surface area (Å²) in [5.74, 6) is 2.21. The fourth-order valence-electron chi connectivity index (χ4n) is 2.92. The second kappa shape index (κ2) is 5.25. The molecule has 18 heavy (non-hydrogen) atoms. The van der Waals surface area contributed by atoms with Crippen LogP contribution in [0.2, 0.25) is 5.28 Å². The molecule has 3 rings (SSSR count). The minimum Gasteiger partial charge on any atom is -0.353 e. The fourth-order valence-corrected chi connectivity index (χ4v) is 4.21. The van der Waals surface area contributed by atoms with Crippen molar-refractivity contribution >= 4 is 29.2 Å². The number of aromatic nitrogens is 2. The number of aryl methyl sites for hydroxylation is 1. The van der Waals surface area contributed by atoms with Crippen LogP contribution in [0, 0.1) is 0 Å². The molecule has 3 nitrogen and oxygen atoms in total. The third-order valence-corrected chi connectivity index (χ3v) is 5.13. The molecule has 0 radical (unpaired) electrons. The molecule has 2 aliphatic rings. The van der Waals surface area contributed by atoms with Gasteiger partial charge in [0.1, 0.15) is 5.82 Å². The summed E-state index contributed by atoms with van der Waals surface area (Å²) in [5.41, 5.74) is 1.15. The molecule has 1 aromatic rings. The number of hydrogen-bond acceptors (Lipinski definition) is 4. The molecule has 5 heteroatoms. The van der Waals surface area contributed by atoms with Crippen LogP contribution < -0.4 is 4.90 Å². The average Bonchev–Trinajstić information content (AvgIpc) is 2.85. The van der Waals surface area contributed by atoms with E-state index in [1.165, 1.54) is 30.6 Å². The molecule has 0 bridgehead atoms. The van der Waals surface area contributed by atoms with Crippen molar-refractivity contribution in [3.8, 4) is 0 Å². The zero-order valence-corrected chi connectivity index (χ0v) is 12.2. The monoisotopic (exact) mass is 283 g/mol. The van der Waals surface area contributed by atoms with Crippen LogP contribution in [0.25, 0.3) is 0 Å². The van der Waals surface area contributed by atoms with Gasteiger partial charge in [0, 0.05) is 24.8 Å². The standard InChI is InChI=1S/C13H18ClN3S/c1-2-9-5-3-4-7-17(9)12-11-10(6-8-18-11)15-13(14)16-12/h9H,2-8H2,1H3. The Morgan fingerprint density at radius 3 is 3.11 bits per heavy atom. The molecular weight excluding hydrogens is 266 g/mol. The zero-order valence-electron chi connectivity index (χ0n) is 10.7. The smallest absolute Gasteiger partial charge is 0.224 e. The number of anilines is 1. The van der Waals surface area contributed by atoms with Crippen molar-refractivity contribution in [1.82, 2.24) is 9.97 Å². The minimum atomic E-state index is 0.409. The molecule has 1 aromatic heterocycles. The highest BCUT2D eigenvalue weighted by atomic mass is 35.5. The summed E-state index contributed by atoms with van der Waals surface area (Å²) in [6.45, 7) is 3.37. The first kappa shape index (κ1) is 12.5. The molecule has 1 fully saturated rings. The Kier molecular flexibility index (Phi) is 3.66. The summed E-state index contributed by atoms with van der Waals surface area (Å²) in [7, 11) is 0. The molecule has 0 aliphatic carbocycles. The van der Waals surface area contributed by atoms with E-state index in [-0.39, 0.29) is 0 Å². The van der Waals surface area contributed by atoms with Crippen molar-refractivity contribution < 1.29 is 0 Å². The zero-order chi connectivity index (χ0) is 12.5. The third-order valence-electron chi connectivity index (χ3n) is 3.85. The number of hydrogen-bond donors (Lipinski definition) is 0. The highest BCUT2D eigenvalue weighted by Gasteiger charge is 2.28. The van der Waals surface area contributed by atoms with Crippen LogP contribution in [-0.4, -0.2) is 28.3 Å². The second-order valence-corrected chi connectivity index (χ2v) is 6.39. The summed E-state index contributed by atoms with van der Waals surface area (Å²) in [6.07, 6.45) is 6.08. The van der Waals surface area contributed by atoms with Crippen LogP contribution in [0.1, 0.15) is 38.3 Å². The van der Waals surface area contributed by atoms with E-state index in [1.807, 2.05) is 11.8 Å². The average molecular weight is 284 g/mol. The summed E-state index contributed by atoms with van der Waals surface area (Å²) < 4.78 is 0. The van der Waals surface area contributed by atoms with Crippen LogP contribution >= 0.6 is 23.4 Å². The number of thioether (sulfide) groups is 1. The Hall–Kier alpha value is -0.480. The van der Waals surface area contributed by atoms with Crippen LogP contribution in [0.15, 0.2) is 4.90 Å². The van der Waals surface area contributed by atoms with E-state index in [4.69, 9.17) is 11.6 Å². The predicted molar refractivity (Wildman–Crippen MR) is 76.7 cm³/mol. The SMILES string of the molecule is CCC1CCCCN1c1nc(Cl)nc2c1SCC2. The highest BCUT2D eigenvalue weighted by Crippen LogP contribution is 2.40. The Balaban J connectivity index is 2.00. The third kappa shape index (κ3) is 2.21. The predicted octanol–water partition coefficient (Wildman–Crippen LogP) is 3.55. The lowest BCUT2D eigenvalue weighted by Gasteiger charge is -2.37. The van der Waals surface area contributed by atoms with Gasteiger partial charge in [-0.25, -0.2) is 4.98 Å². The summed E-state index contributed by atoms with van der Waals surface area (Å²) in [6, 6.07) is 0.620. The van der Waals surface area contributed by atoms with Gasteiger partial charge >= 0.3 is 0 Å². The van der Waals surface area contributed by atoms with Gasteiger partial charge in [0.2, 0.25) is 5.28 Å². The van der Waals surface area contributed by atoms with Crippen LogP contribution in [0.4, 0.5) is 5.82 Å². The quantitative estimate of drug-likeness (QED) is 0.776. The Morgan fingerprint density at radius 2 is 2.28 bits per heavy atom. The van der Waals surface area contributed by atoms with E-state index in [0.717, 1.165) is 30.2 Å². The van der Waals surface area contributed by atoms with Crippen molar-refractivity contribution in [2.45, 2.75) is 50.0 Å². The van der Waals surface area contributed by atoms with Crippen molar-refractivity contribution in [2.24, 2.45) is 0 Å². The van der Waals surface area contributed by atoms with Gasteiger partial charge in [0.25, 0.3) is 0 Å². The van der Waals surface area contributed by atoms with E-state index in [2.05, 4.69) is 21.8 Å². The highest BCUT2D eigenvalue weighted by molar-refractivity contribution is 7.99. The van der Waals surface area contributed by atoms with Gasteiger partial charge in [-0.2, -0.15) is 4.98 Å². The lowest BCUT2D eigenvalue weighted by molar-refractivity contribution is 0.444. The number of fused-ring (bicyclic) bond motifs is 1. The molecule has 0 saturated carbocycles. The minimum absolute atomic E-state index is 0.409. The van der Waals surface area contributed by atoms with Gasteiger partial charge in [-0.15, -0.1) is 11.8 Å². The van der Waals surface area contributed by atoms with Gasteiger partial charge in [0.05, 0.1) is 10.6 Å². The Bertz CT molecular complexity index is 452. The maximum atomic E-state index is 6.08. The summed E-state index contributed by atoms with van der Waals surface area (Å²) >= 11 is 7.96. The molecule has 0 spiro atoms. The van der Waals surface area contributed by atoms with Crippen LogP contribution in [0.3, 0.4) is 0 Å². The van der Waals surface area contributed by atoms with Crippen LogP contribution in [0.5, 0.6) is 0 Å². The van der Waals surface area contributed by atoms with E-state index < -0.39 is 0 Å². The van der Waals surface area contributed by atoms with E-state index in [1.54, 1.807) is 0 Å². The number of halogens is 1. The lowest BCUT2D eigenvalue weighted by Crippen LogP contribution is -2.40. The van der Waals surface area contributed by atoms with Crippen molar-refractivity contribution in [1.29, 1.82) is 0 Å². The second-order valence-electron chi connectivity index (χ2n) is 4.94. The largest absolute Gasteiger partial charge is 0.353 e. The Morgan fingerprint density at radius 1 is 1.39 bits per heavy atom. The van der Waals surface area contributed by atoms with Crippen molar-refractivity contribution in [3.05, 3.63) is 11.0 Å². The number of nitrogens with zero attached hydrogens (tertiary/aromatic N) is 3. The first-order chi connectivity index (χ1) is 8.79. The van der Waals surface area contributed by atoms with E-state index in [0.29, 0.717) is 11.3 Å². The molecule has 1 atom stereocenters. The molecule has 0 aromatic carbocycles. The van der Waals surface area contributed by atoms with E-state index >= 15 is 0 Å². The normalized spacial score (nSPS) is 23.2. The van der Waals surface area contributed by atoms with Crippen LogP contribution in [-0.2, 0) is 6.42 Å². The first-order valence-electron chi connectivity index (χ1n) is 6.75. The fraction of sp³-hybridized carbons (Fsp3) is 0.692. The molecule has 1 unspecified atom stereocenters. The molecule has 2 aliphatic heterocycles. The molecule has 1 saturated heterocycles. The Labute approximate surface area is 117 Å². The molecular formula is C13H18ClN3S. The lowest BCUT2D eigenvalue weighted by atomic mass is 10.00. The molecule has 0 amide bonds. The molecule has 98 valence electrons. The first-order valence-corrected chi connectivity index (χ1v) is 8.11. The van der Waals surface area contributed by atoms with Gasteiger partial charge in [-0.3, -0.25) is 0 Å². The molecule has 3 heterocycles. The van der Waals surface area contributed by atoms with Crippen molar-refractivity contribution in [3.63, 3.8) is 0 Å². The van der Waals surface area contributed by atoms with Crippen molar-refractivity contribution in [2.75, 3.05) is 17.2 Å². The summed E-state index contributed by atoms with van der Waals surface area (Å²) in [5, 5.41) is 0.409. The summed E-state index contributed by atoms with van der Waals surface area (Å²) in [4.78, 5) is 12.6.